The number of rotatable bonds is 5. The monoisotopic (exact) mass is 379 g/mol. The molecule has 2 aromatic heterocycles. The van der Waals surface area contributed by atoms with Gasteiger partial charge in [0.05, 0.1) is 10.9 Å². The second-order valence-electron chi connectivity index (χ2n) is 5.17. The molecule has 10 heteroatoms. The number of benzene rings is 1. The minimum absolute atomic E-state index is 0.310. The molecule has 0 aliphatic carbocycles. The molecule has 0 radical (unpaired) electrons. The molecule has 2 heterocycles. The number of H-pyrrole nitrogens is 1. The number of carbonyl (C=O) groups excluding carboxylic acids is 1. The highest BCUT2D eigenvalue weighted by Gasteiger charge is 2.21. The summed E-state index contributed by atoms with van der Waals surface area (Å²) in [6.45, 7) is 1.56. The fraction of sp³-hybridized carbons (Fsp3) is 0.125. The normalized spacial score (nSPS) is 12.0. The summed E-state index contributed by atoms with van der Waals surface area (Å²) >= 11 is 1.03. The fourth-order valence-corrected chi connectivity index (χ4v) is 2.73. The number of pyridine rings is 1. The van der Waals surface area contributed by atoms with Gasteiger partial charge in [0.1, 0.15) is 0 Å². The van der Waals surface area contributed by atoms with Gasteiger partial charge in [-0.05, 0) is 31.2 Å². The first-order chi connectivity index (χ1) is 12.5. The molecule has 0 saturated heterocycles. The molecule has 26 heavy (non-hydrogen) atoms. The van der Waals surface area contributed by atoms with Crippen LogP contribution in [0.1, 0.15) is 6.92 Å². The predicted molar refractivity (Wildman–Crippen MR) is 89.9 cm³/mol. The molecule has 1 amide bonds. The molecule has 0 spiro atoms. The molecule has 6 nitrogen and oxygen atoms in total. The molecule has 0 aliphatic heterocycles. The molecule has 1 aromatic carbocycles. The SMILES string of the molecule is C[C@@H](Sc1n[nH]c(-c2ccncc2)n1)C(=O)Nc1ccc(F)c(F)c1F. The summed E-state index contributed by atoms with van der Waals surface area (Å²) < 4.78 is 39.8. The highest BCUT2D eigenvalue weighted by molar-refractivity contribution is 8.00. The Balaban J connectivity index is 1.67. The number of aromatic amines is 1. The van der Waals surface area contributed by atoms with E-state index in [1.807, 2.05) is 0 Å². The maximum absolute atomic E-state index is 13.6. The molecule has 0 fully saturated rings. The van der Waals surface area contributed by atoms with E-state index in [1.54, 1.807) is 31.5 Å². The van der Waals surface area contributed by atoms with E-state index < -0.39 is 34.3 Å². The number of nitrogens with one attached hydrogen (secondary N) is 2. The topological polar surface area (TPSA) is 83.6 Å². The quantitative estimate of drug-likeness (QED) is 0.524. The van der Waals surface area contributed by atoms with Gasteiger partial charge >= 0.3 is 0 Å². The first-order valence-corrected chi connectivity index (χ1v) is 8.27. The van der Waals surface area contributed by atoms with Crippen LogP contribution in [-0.2, 0) is 4.79 Å². The average molecular weight is 379 g/mol. The van der Waals surface area contributed by atoms with E-state index in [1.165, 1.54) is 0 Å². The van der Waals surface area contributed by atoms with Gasteiger partial charge in [-0.3, -0.25) is 14.9 Å². The van der Waals surface area contributed by atoms with Crippen LogP contribution in [0.25, 0.3) is 11.4 Å². The Morgan fingerprint density at radius 1 is 1.15 bits per heavy atom. The molecule has 0 aliphatic rings. The third-order valence-electron chi connectivity index (χ3n) is 3.36. The van der Waals surface area contributed by atoms with E-state index in [-0.39, 0.29) is 0 Å². The van der Waals surface area contributed by atoms with Gasteiger partial charge in [-0.2, -0.15) is 0 Å². The van der Waals surface area contributed by atoms with Crippen LogP contribution in [0.5, 0.6) is 0 Å². The van der Waals surface area contributed by atoms with Crippen molar-refractivity contribution in [2.75, 3.05) is 5.32 Å². The molecular formula is C16H12F3N5OS. The second-order valence-corrected chi connectivity index (χ2v) is 6.48. The Labute approximate surface area is 150 Å². The number of halogens is 3. The molecule has 1 atom stereocenters. The van der Waals surface area contributed by atoms with Gasteiger partial charge in [0.2, 0.25) is 11.1 Å². The van der Waals surface area contributed by atoms with E-state index in [4.69, 9.17) is 0 Å². The lowest BCUT2D eigenvalue weighted by molar-refractivity contribution is -0.115. The number of hydrogen-bond acceptors (Lipinski definition) is 5. The van der Waals surface area contributed by atoms with Crippen LogP contribution < -0.4 is 5.32 Å². The van der Waals surface area contributed by atoms with E-state index in [0.717, 1.165) is 29.5 Å². The molecular weight excluding hydrogens is 367 g/mol. The Hall–Kier alpha value is -2.88. The molecule has 3 aromatic rings. The van der Waals surface area contributed by atoms with Crippen molar-refractivity contribution >= 4 is 23.4 Å². The van der Waals surface area contributed by atoms with Crippen molar-refractivity contribution in [2.24, 2.45) is 0 Å². The first-order valence-electron chi connectivity index (χ1n) is 7.39. The Kier molecular flexibility index (Phi) is 5.21. The molecule has 134 valence electrons. The van der Waals surface area contributed by atoms with E-state index >= 15 is 0 Å². The molecule has 2 N–H and O–H groups in total. The lowest BCUT2D eigenvalue weighted by Crippen LogP contribution is -2.23. The Morgan fingerprint density at radius 3 is 2.62 bits per heavy atom. The number of hydrogen-bond donors (Lipinski definition) is 2. The summed E-state index contributed by atoms with van der Waals surface area (Å²) in [5, 5.41) is 8.58. The van der Waals surface area contributed by atoms with Crippen molar-refractivity contribution in [1.29, 1.82) is 0 Å². The van der Waals surface area contributed by atoms with Gasteiger partial charge in [0.25, 0.3) is 0 Å². The van der Waals surface area contributed by atoms with Crippen LogP contribution in [0.3, 0.4) is 0 Å². The number of thioether (sulfide) groups is 1. The van der Waals surface area contributed by atoms with E-state index in [2.05, 4.69) is 25.5 Å². The average Bonchev–Trinajstić information content (AvgIpc) is 3.11. The zero-order chi connectivity index (χ0) is 18.7. The van der Waals surface area contributed by atoms with Crippen molar-refractivity contribution in [3.05, 3.63) is 54.1 Å². The highest BCUT2D eigenvalue weighted by Crippen LogP contribution is 2.25. The van der Waals surface area contributed by atoms with Crippen molar-refractivity contribution in [2.45, 2.75) is 17.3 Å². The Bertz CT molecular complexity index is 935. The summed E-state index contributed by atoms with van der Waals surface area (Å²) in [5.41, 5.74) is 0.342. The third kappa shape index (κ3) is 3.85. The molecule has 0 saturated carbocycles. The minimum Gasteiger partial charge on any atom is -0.323 e. The summed E-state index contributed by atoms with van der Waals surface area (Å²) in [6, 6.07) is 5.19. The second kappa shape index (κ2) is 7.56. The maximum Gasteiger partial charge on any atom is 0.237 e. The van der Waals surface area contributed by atoms with Crippen LogP contribution in [0.2, 0.25) is 0 Å². The van der Waals surface area contributed by atoms with Crippen LogP contribution in [0.4, 0.5) is 18.9 Å². The number of carbonyl (C=O) groups is 1. The Morgan fingerprint density at radius 2 is 1.88 bits per heavy atom. The number of anilines is 1. The van der Waals surface area contributed by atoms with Crippen molar-refractivity contribution in [1.82, 2.24) is 20.2 Å². The van der Waals surface area contributed by atoms with Gasteiger partial charge in [0, 0.05) is 18.0 Å². The predicted octanol–water partition coefficient (Wildman–Crippen LogP) is 3.40. The summed E-state index contributed by atoms with van der Waals surface area (Å²) in [4.78, 5) is 20.3. The van der Waals surface area contributed by atoms with Gasteiger partial charge < -0.3 is 5.32 Å². The van der Waals surface area contributed by atoms with Crippen molar-refractivity contribution in [3.8, 4) is 11.4 Å². The maximum atomic E-state index is 13.6. The van der Waals surface area contributed by atoms with Crippen molar-refractivity contribution < 1.29 is 18.0 Å². The zero-order valence-corrected chi connectivity index (χ0v) is 14.1. The number of nitrogens with zero attached hydrogens (tertiary/aromatic N) is 3. The zero-order valence-electron chi connectivity index (χ0n) is 13.3. The minimum atomic E-state index is -1.64. The largest absolute Gasteiger partial charge is 0.323 e. The van der Waals surface area contributed by atoms with Crippen LogP contribution in [-0.4, -0.2) is 31.3 Å². The third-order valence-corrected chi connectivity index (χ3v) is 4.32. The molecule has 3 rings (SSSR count). The summed E-state index contributed by atoms with van der Waals surface area (Å²) in [6.07, 6.45) is 3.22. The standard InChI is InChI=1S/C16H12F3N5OS/c1-8(15(25)21-11-3-2-10(17)12(18)13(11)19)26-16-22-14(23-24-16)9-4-6-20-7-5-9/h2-8H,1H3,(H,21,25)(H,22,23,24)/t8-/m1/s1. The van der Waals surface area contributed by atoms with Crippen molar-refractivity contribution in [3.63, 3.8) is 0 Å². The lowest BCUT2D eigenvalue weighted by atomic mass is 10.2. The van der Waals surface area contributed by atoms with Crippen LogP contribution in [0, 0.1) is 17.5 Å². The van der Waals surface area contributed by atoms with Gasteiger partial charge in [-0.15, -0.1) is 5.10 Å². The van der Waals surface area contributed by atoms with Crippen LogP contribution >= 0.6 is 11.8 Å². The van der Waals surface area contributed by atoms with E-state index in [0.29, 0.717) is 11.0 Å². The van der Waals surface area contributed by atoms with Gasteiger partial charge in [-0.25, -0.2) is 18.2 Å². The fourth-order valence-electron chi connectivity index (χ4n) is 2.01. The lowest BCUT2D eigenvalue weighted by Gasteiger charge is -2.11. The number of amides is 1. The van der Waals surface area contributed by atoms with E-state index in [9.17, 15) is 18.0 Å². The highest BCUT2D eigenvalue weighted by atomic mass is 32.2. The van der Waals surface area contributed by atoms with Gasteiger partial charge in [-0.1, -0.05) is 11.8 Å². The summed E-state index contributed by atoms with van der Waals surface area (Å²) in [5.74, 6) is -4.51. The van der Waals surface area contributed by atoms with Crippen LogP contribution in [0.15, 0.2) is 41.8 Å². The molecule has 0 bridgehead atoms. The first kappa shape index (κ1) is 17.9. The number of aromatic nitrogens is 4. The summed E-state index contributed by atoms with van der Waals surface area (Å²) in [7, 11) is 0. The smallest absolute Gasteiger partial charge is 0.237 e. The van der Waals surface area contributed by atoms with Gasteiger partial charge in [0.15, 0.2) is 23.3 Å². The molecule has 0 unspecified atom stereocenters.